The monoisotopic (exact) mass is 383 g/mol. The number of rotatable bonds is 8. The summed E-state index contributed by atoms with van der Waals surface area (Å²) in [7, 11) is 0. The van der Waals surface area contributed by atoms with Crippen LogP contribution in [0.15, 0.2) is 48.5 Å². The summed E-state index contributed by atoms with van der Waals surface area (Å²) in [6.07, 6.45) is 3.58. The largest absolute Gasteiger partial charge is 0.482 e. The summed E-state index contributed by atoms with van der Waals surface area (Å²) in [4.78, 5) is 11.5. The Balaban J connectivity index is 1.58. The van der Waals surface area contributed by atoms with Crippen LogP contribution in [0.2, 0.25) is 0 Å². The zero-order valence-corrected chi connectivity index (χ0v) is 16.4. The van der Waals surface area contributed by atoms with Gasteiger partial charge < -0.3 is 19.9 Å². The van der Waals surface area contributed by atoms with E-state index in [-0.39, 0.29) is 12.6 Å². The smallest absolute Gasteiger partial charge is 0.344 e. The highest BCUT2D eigenvalue weighted by Gasteiger charge is 2.18. The van der Waals surface area contributed by atoms with E-state index in [0.717, 1.165) is 31.2 Å². The zero-order chi connectivity index (χ0) is 19.8. The van der Waals surface area contributed by atoms with Gasteiger partial charge in [-0.1, -0.05) is 36.4 Å². The summed E-state index contributed by atoms with van der Waals surface area (Å²) in [5.74, 6) is 0.337. The van der Waals surface area contributed by atoms with Gasteiger partial charge in [-0.2, -0.15) is 0 Å². The van der Waals surface area contributed by atoms with Gasteiger partial charge in [0.2, 0.25) is 0 Å². The van der Waals surface area contributed by atoms with Crippen LogP contribution in [-0.4, -0.2) is 36.9 Å². The minimum Gasteiger partial charge on any atom is -0.482 e. The van der Waals surface area contributed by atoms with Crippen LogP contribution in [0.5, 0.6) is 5.75 Å². The molecule has 0 bridgehead atoms. The zero-order valence-electron chi connectivity index (χ0n) is 16.4. The fourth-order valence-electron chi connectivity index (χ4n) is 3.62. The molecule has 0 aromatic heterocycles. The first kappa shape index (κ1) is 20.4. The van der Waals surface area contributed by atoms with Gasteiger partial charge in [0.1, 0.15) is 5.75 Å². The van der Waals surface area contributed by atoms with Crippen molar-refractivity contribution in [1.29, 1.82) is 0 Å². The summed E-state index contributed by atoms with van der Waals surface area (Å²) in [5.41, 5.74) is 3.50. The Morgan fingerprint density at radius 2 is 2.04 bits per heavy atom. The van der Waals surface area contributed by atoms with Crippen molar-refractivity contribution < 1.29 is 19.4 Å². The second-order valence-electron chi connectivity index (χ2n) is 7.15. The van der Waals surface area contributed by atoms with Gasteiger partial charge in [-0.05, 0) is 61.4 Å². The molecule has 1 aliphatic rings. The molecule has 150 valence electrons. The van der Waals surface area contributed by atoms with Crippen molar-refractivity contribution in [1.82, 2.24) is 5.32 Å². The van der Waals surface area contributed by atoms with Crippen molar-refractivity contribution in [3.8, 4) is 5.75 Å². The molecule has 0 aliphatic heterocycles. The first-order chi connectivity index (χ1) is 13.7. The molecule has 2 aromatic rings. The number of esters is 1. The van der Waals surface area contributed by atoms with Crippen LogP contribution < -0.4 is 10.1 Å². The molecule has 2 N–H and O–H groups in total. The summed E-state index contributed by atoms with van der Waals surface area (Å²) in [6.45, 7) is 2.59. The fourth-order valence-corrected chi connectivity index (χ4v) is 3.62. The molecule has 0 amide bonds. The Morgan fingerprint density at radius 3 is 2.82 bits per heavy atom. The molecule has 0 radical (unpaired) electrons. The molecule has 3 rings (SSSR count). The van der Waals surface area contributed by atoms with Crippen molar-refractivity contribution in [3.05, 3.63) is 65.2 Å². The van der Waals surface area contributed by atoms with E-state index >= 15 is 0 Å². The first-order valence-corrected chi connectivity index (χ1v) is 10.0. The number of aliphatic hydroxyl groups excluding tert-OH is 1. The minimum atomic E-state index is -0.511. The van der Waals surface area contributed by atoms with Gasteiger partial charge in [-0.3, -0.25) is 0 Å². The maximum absolute atomic E-state index is 11.5. The molecule has 1 unspecified atom stereocenters. The lowest BCUT2D eigenvalue weighted by Gasteiger charge is -2.20. The summed E-state index contributed by atoms with van der Waals surface area (Å²) in [6, 6.07) is 16.1. The quantitative estimate of drug-likeness (QED) is 0.541. The van der Waals surface area contributed by atoms with Crippen molar-refractivity contribution in [2.75, 3.05) is 19.8 Å². The number of aryl methyl sites for hydroxylation is 1. The van der Waals surface area contributed by atoms with Crippen LogP contribution in [-0.2, 0) is 22.4 Å². The Bertz CT molecular complexity index is 762. The fraction of sp³-hybridized carbons (Fsp3) is 0.435. The number of benzene rings is 2. The number of ether oxygens (including phenoxy) is 2. The Labute approximate surface area is 166 Å². The van der Waals surface area contributed by atoms with Gasteiger partial charge in [0.15, 0.2) is 6.61 Å². The highest BCUT2D eigenvalue weighted by atomic mass is 16.6. The average Bonchev–Trinajstić information content (AvgIpc) is 2.92. The second kappa shape index (κ2) is 10.2. The van der Waals surface area contributed by atoms with Gasteiger partial charge in [-0.15, -0.1) is 0 Å². The molecule has 5 heteroatoms. The van der Waals surface area contributed by atoms with Crippen molar-refractivity contribution in [3.63, 3.8) is 0 Å². The predicted octanol–water partition coefficient (Wildman–Crippen LogP) is 3.20. The number of hydrogen-bond donors (Lipinski definition) is 2. The summed E-state index contributed by atoms with van der Waals surface area (Å²) in [5, 5.41) is 13.9. The SMILES string of the molecule is CCOC(=O)COc1ccc2c(c1)CC(NC[C@H](O)c1ccccc1)CCC2. The molecule has 1 aliphatic carbocycles. The van der Waals surface area contributed by atoms with E-state index in [2.05, 4.69) is 11.4 Å². The number of nitrogens with one attached hydrogen (secondary N) is 1. The van der Waals surface area contributed by atoms with E-state index in [0.29, 0.717) is 24.9 Å². The number of aliphatic hydroxyl groups is 1. The molecule has 0 saturated carbocycles. The Hall–Kier alpha value is -2.37. The van der Waals surface area contributed by atoms with Crippen molar-refractivity contribution in [2.24, 2.45) is 0 Å². The molecular weight excluding hydrogens is 354 g/mol. The number of hydrogen-bond acceptors (Lipinski definition) is 5. The van der Waals surface area contributed by atoms with Gasteiger partial charge in [-0.25, -0.2) is 4.79 Å². The van der Waals surface area contributed by atoms with Crippen LogP contribution in [0.25, 0.3) is 0 Å². The highest BCUT2D eigenvalue weighted by Crippen LogP contribution is 2.25. The lowest BCUT2D eigenvalue weighted by molar-refractivity contribution is -0.145. The number of carbonyl (C=O) groups is 1. The Kier molecular flexibility index (Phi) is 7.46. The molecular formula is C23H29NO4. The normalized spacial score (nSPS) is 17.3. The van der Waals surface area contributed by atoms with Gasteiger partial charge >= 0.3 is 5.97 Å². The van der Waals surface area contributed by atoms with E-state index in [4.69, 9.17) is 9.47 Å². The summed E-state index contributed by atoms with van der Waals surface area (Å²) < 4.78 is 10.5. The Morgan fingerprint density at radius 1 is 1.21 bits per heavy atom. The van der Waals surface area contributed by atoms with Gasteiger partial charge in [0.05, 0.1) is 12.7 Å². The maximum Gasteiger partial charge on any atom is 0.344 e. The molecule has 5 nitrogen and oxygen atoms in total. The molecule has 2 atom stereocenters. The number of fused-ring (bicyclic) bond motifs is 1. The third-order valence-electron chi connectivity index (χ3n) is 5.09. The molecule has 0 heterocycles. The van der Waals surface area contributed by atoms with E-state index in [1.165, 1.54) is 11.1 Å². The van der Waals surface area contributed by atoms with E-state index < -0.39 is 6.10 Å². The van der Waals surface area contributed by atoms with E-state index in [9.17, 15) is 9.90 Å². The average molecular weight is 383 g/mol. The lowest BCUT2D eigenvalue weighted by Crippen LogP contribution is -2.34. The second-order valence-corrected chi connectivity index (χ2v) is 7.15. The number of carbonyl (C=O) groups excluding carboxylic acids is 1. The third kappa shape index (κ3) is 5.81. The van der Waals surface area contributed by atoms with Crippen LogP contribution in [0.1, 0.15) is 42.6 Å². The van der Waals surface area contributed by atoms with Crippen LogP contribution in [0.4, 0.5) is 0 Å². The highest BCUT2D eigenvalue weighted by molar-refractivity contribution is 5.71. The first-order valence-electron chi connectivity index (χ1n) is 10.0. The molecule has 2 aromatic carbocycles. The third-order valence-corrected chi connectivity index (χ3v) is 5.09. The molecule has 0 saturated heterocycles. The standard InChI is InChI=1S/C23H29NO4/c1-2-27-23(26)16-28-21-12-11-17-9-6-10-20(13-19(17)14-21)24-15-22(25)18-7-4-3-5-8-18/h3-5,7-8,11-12,14,20,22,24-25H,2,6,9-10,13,15-16H2,1H3/t20?,22-/m0/s1. The van der Waals surface area contributed by atoms with Crippen LogP contribution >= 0.6 is 0 Å². The summed E-state index contributed by atoms with van der Waals surface area (Å²) >= 11 is 0. The van der Waals surface area contributed by atoms with Crippen molar-refractivity contribution >= 4 is 5.97 Å². The molecule has 0 fully saturated rings. The van der Waals surface area contributed by atoms with E-state index in [1.54, 1.807) is 6.92 Å². The van der Waals surface area contributed by atoms with Gasteiger partial charge in [0, 0.05) is 12.6 Å². The topological polar surface area (TPSA) is 67.8 Å². The van der Waals surface area contributed by atoms with Crippen LogP contribution in [0.3, 0.4) is 0 Å². The van der Waals surface area contributed by atoms with E-state index in [1.807, 2.05) is 42.5 Å². The van der Waals surface area contributed by atoms with Crippen LogP contribution in [0, 0.1) is 0 Å². The maximum atomic E-state index is 11.5. The predicted molar refractivity (Wildman–Crippen MR) is 108 cm³/mol. The van der Waals surface area contributed by atoms with Crippen molar-refractivity contribution in [2.45, 2.75) is 44.8 Å². The van der Waals surface area contributed by atoms with Gasteiger partial charge in [0.25, 0.3) is 0 Å². The molecule has 28 heavy (non-hydrogen) atoms. The lowest BCUT2D eigenvalue weighted by atomic mass is 10.0. The minimum absolute atomic E-state index is 0.0719. The molecule has 0 spiro atoms.